The molecule has 1 heterocycles. The number of carbonyl (C=O) groups excluding carboxylic acids is 1. The molecule has 2 aromatic rings. The molecular formula is C11H11N3O. The van der Waals surface area contributed by atoms with Gasteiger partial charge in [-0.05, 0) is 19.1 Å². The second kappa shape index (κ2) is 3.96. The Balaban J connectivity index is 2.09. The number of nitrogens with zero attached hydrogens (tertiary/aromatic N) is 1. The van der Waals surface area contributed by atoms with Gasteiger partial charge in [0.05, 0.1) is 11.8 Å². The predicted octanol–water partition coefficient (Wildman–Crippen LogP) is 1.97. The summed E-state index contributed by atoms with van der Waals surface area (Å²) in [5, 5.41) is 9.08. The number of amides is 1. The van der Waals surface area contributed by atoms with E-state index in [0.717, 1.165) is 11.3 Å². The number of aromatic nitrogens is 2. The van der Waals surface area contributed by atoms with Crippen LogP contribution in [0.25, 0.3) is 0 Å². The van der Waals surface area contributed by atoms with Crippen molar-refractivity contribution in [1.82, 2.24) is 10.2 Å². The average molecular weight is 201 g/mol. The molecule has 0 bridgehead atoms. The van der Waals surface area contributed by atoms with Gasteiger partial charge in [-0.2, -0.15) is 5.10 Å². The number of aryl methyl sites for hydroxylation is 1. The lowest BCUT2D eigenvalue weighted by atomic mass is 10.2. The van der Waals surface area contributed by atoms with Gasteiger partial charge in [0.15, 0.2) is 0 Å². The van der Waals surface area contributed by atoms with Gasteiger partial charge in [0.25, 0.3) is 5.91 Å². The van der Waals surface area contributed by atoms with Gasteiger partial charge in [-0.15, -0.1) is 0 Å². The van der Waals surface area contributed by atoms with Crippen molar-refractivity contribution in [2.75, 3.05) is 5.32 Å². The van der Waals surface area contributed by atoms with E-state index in [1.54, 1.807) is 6.20 Å². The summed E-state index contributed by atoms with van der Waals surface area (Å²) in [7, 11) is 0. The third-order valence-electron chi connectivity index (χ3n) is 2.07. The summed E-state index contributed by atoms with van der Waals surface area (Å²) in [6.45, 7) is 2.00. The van der Waals surface area contributed by atoms with Crippen LogP contribution in [0.4, 0.5) is 5.69 Å². The molecule has 1 amide bonds. The van der Waals surface area contributed by atoms with E-state index in [1.165, 1.54) is 6.20 Å². The molecule has 4 heteroatoms. The van der Waals surface area contributed by atoms with E-state index in [-0.39, 0.29) is 5.91 Å². The molecule has 0 aliphatic carbocycles. The van der Waals surface area contributed by atoms with Gasteiger partial charge in [-0.25, -0.2) is 0 Å². The molecule has 1 aromatic heterocycles. The first-order valence-corrected chi connectivity index (χ1v) is 4.62. The Morgan fingerprint density at radius 1 is 1.33 bits per heavy atom. The van der Waals surface area contributed by atoms with E-state index in [4.69, 9.17) is 0 Å². The second-order valence-corrected chi connectivity index (χ2v) is 3.31. The highest BCUT2D eigenvalue weighted by Crippen LogP contribution is 2.09. The van der Waals surface area contributed by atoms with Gasteiger partial charge >= 0.3 is 0 Å². The van der Waals surface area contributed by atoms with Crippen molar-refractivity contribution in [1.29, 1.82) is 0 Å². The highest BCUT2D eigenvalue weighted by Gasteiger charge is 2.05. The lowest BCUT2D eigenvalue weighted by Crippen LogP contribution is -2.10. The Morgan fingerprint density at radius 3 is 2.67 bits per heavy atom. The summed E-state index contributed by atoms with van der Waals surface area (Å²) in [5.74, 6) is -0.160. The fourth-order valence-electron chi connectivity index (χ4n) is 1.22. The molecule has 0 radical (unpaired) electrons. The number of hydrogen-bond donors (Lipinski definition) is 2. The standard InChI is InChI=1S/C11H11N3O/c1-8-2-4-10(5-3-8)14-11(15)9-6-12-13-7-9/h2-7H,1H3,(H,12,13)(H,14,15). The topological polar surface area (TPSA) is 57.8 Å². The van der Waals surface area contributed by atoms with Crippen molar-refractivity contribution in [3.63, 3.8) is 0 Å². The highest BCUT2D eigenvalue weighted by molar-refractivity contribution is 6.03. The molecule has 0 spiro atoms. The van der Waals surface area contributed by atoms with Crippen LogP contribution in [0.2, 0.25) is 0 Å². The molecule has 2 N–H and O–H groups in total. The van der Waals surface area contributed by atoms with Crippen molar-refractivity contribution < 1.29 is 4.79 Å². The van der Waals surface area contributed by atoms with Crippen LogP contribution >= 0.6 is 0 Å². The maximum absolute atomic E-state index is 11.6. The molecule has 0 unspecified atom stereocenters. The van der Waals surface area contributed by atoms with Crippen LogP contribution in [0.3, 0.4) is 0 Å². The summed E-state index contributed by atoms with van der Waals surface area (Å²) in [4.78, 5) is 11.6. The third kappa shape index (κ3) is 2.22. The van der Waals surface area contributed by atoms with Crippen LogP contribution < -0.4 is 5.32 Å². The minimum absolute atomic E-state index is 0.160. The Hall–Kier alpha value is -2.10. The normalized spacial score (nSPS) is 9.93. The lowest BCUT2D eigenvalue weighted by molar-refractivity contribution is 0.102. The molecule has 0 saturated heterocycles. The van der Waals surface area contributed by atoms with E-state index < -0.39 is 0 Å². The number of benzene rings is 1. The quantitative estimate of drug-likeness (QED) is 0.780. The molecule has 0 fully saturated rings. The Labute approximate surface area is 87.3 Å². The first-order chi connectivity index (χ1) is 7.25. The van der Waals surface area contributed by atoms with Gasteiger partial charge in [-0.1, -0.05) is 17.7 Å². The first kappa shape index (κ1) is 9.45. The molecule has 0 aliphatic rings. The van der Waals surface area contributed by atoms with Gasteiger partial charge < -0.3 is 5.32 Å². The lowest BCUT2D eigenvalue weighted by Gasteiger charge is -2.03. The van der Waals surface area contributed by atoms with Gasteiger partial charge in [0.2, 0.25) is 0 Å². The van der Waals surface area contributed by atoms with Crippen molar-refractivity contribution in [2.45, 2.75) is 6.92 Å². The average Bonchev–Trinajstić information content (AvgIpc) is 2.74. The van der Waals surface area contributed by atoms with Crippen molar-refractivity contribution in [3.05, 3.63) is 47.8 Å². The van der Waals surface area contributed by atoms with Crippen LogP contribution in [-0.4, -0.2) is 16.1 Å². The SMILES string of the molecule is Cc1ccc(NC(=O)c2cn[nH]c2)cc1. The zero-order valence-corrected chi connectivity index (χ0v) is 8.32. The Morgan fingerprint density at radius 2 is 2.07 bits per heavy atom. The summed E-state index contributed by atoms with van der Waals surface area (Å²) < 4.78 is 0. The van der Waals surface area contributed by atoms with Crippen molar-refractivity contribution in [3.8, 4) is 0 Å². The van der Waals surface area contributed by atoms with E-state index in [2.05, 4.69) is 15.5 Å². The van der Waals surface area contributed by atoms with E-state index >= 15 is 0 Å². The van der Waals surface area contributed by atoms with E-state index in [0.29, 0.717) is 5.56 Å². The number of rotatable bonds is 2. The maximum atomic E-state index is 11.6. The van der Waals surface area contributed by atoms with Crippen LogP contribution in [0, 0.1) is 6.92 Å². The monoisotopic (exact) mass is 201 g/mol. The van der Waals surface area contributed by atoms with Gasteiger partial charge in [-0.3, -0.25) is 9.89 Å². The summed E-state index contributed by atoms with van der Waals surface area (Å²) in [5.41, 5.74) is 2.47. The largest absolute Gasteiger partial charge is 0.322 e. The number of aromatic amines is 1. The number of H-pyrrole nitrogens is 1. The molecule has 0 atom stereocenters. The fraction of sp³-hybridized carbons (Fsp3) is 0.0909. The van der Waals surface area contributed by atoms with Crippen molar-refractivity contribution >= 4 is 11.6 Å². The van der Waals surface area contributed by atoms with E-state index in [1.807, 2.05) is 31.2 Å². The van der Waals surface area contributed by atoms with Crippen LogP contribution in [-0.2, 0) is 0 Å². The molecule has 0 saturated carbocycles. The van der Waals surface area contributed by atoms with E-state index in [9.17, 15) is 4.79 Å². The van der Waals surface area contributed by atoms with Gasteiger partial charge in [0, 0.05) is 11.9 Å². The smallest absolute Gasteiger partial charge is 0.258 e. The molecule has 0 aliphatic heterocycles. The van der Waals surface area contributed by atoms with Crippen LogP contribution in [0.15, 0.2) is 36.7 Å². The number of hydrogen-bond acceptors (Lipinski definition) is 2. The Bertz CT molecular complexity index is 445. The number of nitrogens with one attached hydrogen (secondary N) is 2. The van der Waals surface area contributed by atoms with Crippen LogP contribution in [0.1, 0.15) is 15.9 Å². The molecule has 15 heavy (non-hydrogen) atoms. The minimum atomic E-state index is -0.160. The molecule has 4 nitrogen and oxygen atoms in total. The zero-order valence-electron chi connectivity index (χ0n) is 8.32. The maximum Gasteiger partial charge on any atom is 0.258 e. The summed E-state index contributed by atoms with van der Waals surface area (Å²) in [6, 6.07) is 7.64. The number of anilines is 1. The number of carbonyl (C=O) groups is 1. The highest BCUT2D eigenvalue weighted by atomic mass is 16.1. The summed E-state index contributed by atoms with van der Waals surface area (Å²) >= 11 is 0. The molecule has 76 valence electrons. The van der Waals surface area contributed by atoms with Crippen molar-refractivity contribution in [2.24, 2.45) is 0 Å². The predicted molar refractivity (Wildman–Crippen MR) is 57.7 cm³/mol. The first-order valence-electron chi connectivity index (χ1n) is 4.62. The molecular weight excluding hydrogens is 190 g/mol. The molecule has 1 aromatic carbocycles. The Kier molecular flexibility index (Phi) is 2.49. The zero-order chi connectivity index (χ0) is 10.7. The second-order valence-electron chi connectivity index (χ2n) is 3.31. The minimum Gasteiger partial charge on any atom is -0.322 e. The fourth-order valence-corrected chi connectivity index (χ4v) is 1.22. The summed E-state index contributed by atoms with van der Waals surface area (Å²) in [6.07, 6.45) is 3.05. The van der Waals surface area contributed by atoms with Crippen LogP contribution in [0.5, 0.6) is 0 Å². The molecule has 2 rings (SSSR count). The van der Waals surface area contributed by atoms with Gasteiger partial charge in [0.1, 0.15) is 0 Å². The third-order valence-corrected chi connectivity index (χ3v) is 2.07.